The van der Waals surface area contributed by atoms with E-state index >= 15 is 0 Å². The first-order valence-electron chi connectivity index (χ1n) is 13.0. The highest BCUT2D eigenvalue weighted by molar-refractivity contribution is 7.91. The van der Waals surface area contributed by atoms with Crippen LogP contribution < -0.4 is 0 Å². The number of hydrogen-bond donors (Lipinski definition) is 1. The summed E-state index contributed by atoms with van der Waals surface area (Å²) in [5, 5.41) is 11.4. The molecule has 4 aliphatic rings. The molecule has 2 saturated heterocycles. The number of benzene rings is 1. The van der Waals surface area contributed by atoms with Gasteiger partial charge in [0.2, 0.25) is 5.91 Å². The first kappa shape index (κ1) is 25.1. The standard InChI is InChI=1S/C26H40N4O4S/c1-27(2)26(22-6-4-3-5-7-22)12-10-25(11-13-26)20-29(24(32)30(25)18-21-8-9-21)19-23(31)28-14-16-35(33,34)17-15-28/h3-7,21,24,32H,8-20H2,1-2H3. The lowest BCUT2D eigenvalue weighted by Crippen LogP contribution is -2.56. The predicted octanol–water partition coefficient (Wildman–Crippen LogP) is 1.32. The van der Waals surface area contributed by atoms with Crippen molar-refractivity contribution in [3.8, 4) is 0 Å². The normalized spacial score (nSPS) is 34.1. The molecule has 35 heavy (non-hydrogen) atoms. The zero-order chi connectivity index (χ0) is 24.8. The lowest BCUT2D eigenvalue weighted by molar-refractivity contribution is -0.138. The molecule has 1 spiro atoms. The summed E-state index contributed by atoms with van der Waals surface area (Å²) in [7, 11) is 1.30. The maximum absolute atomic E-state index is 13.1. The Labute approximate surface area is 209 Å². The summed E-state index contributed by atoms with van der Waals surface area (Å²) < 4.78 is 23.5. The molecule has 1 amide bonds. The highest BCUT2D eigenvalue weighted by atomic mass is 32.2. The fourth-order valence-electron chi connectivity index (χ4n) is 6.55. The van der Waals surface area contributed by atoms with E-state index in [0.29, 0.717) is 12.5 Å². The van der Waals surface area contributed by atoms with Crippen molar-refractivity contribution in [1.82, 2.24) is 19.6 Å². The Hall–Kier alpha value is -1.52. The van der Waals surface area contributed by atoms with E-state index in [1.165, 1.54) is 18.4 Å². The molecule has 0 radical (unpaired) electrons. The van der Waals surface area contributed by atoms with E-state index in [4.69, 9.17) is 0 Å². The topological polar surface area (TPSA) is 84.4 Å². The second-order valence-corrected chi connectivity index (χ2v) is 13.7. The number of carbonyl (C=O) groups is 1. The molecule has 1 aromatic rings. The third-order valence-electron chi connectivity index (χ3n) is 9.07. The molecule has 1 unspecified atom stereocenters. The summed E-state index contributed by atoms with van der Waals surface area (Å²) in [6.45, 7) is 2.21. The van der Waals surface area contributed by atoms with Crippen LogP contribution in [0.15, 0.2) is 30.3 Å². The smallest absolute Gasteiger partial charge is 0.236 e. The van der Waals surface area contributed by atoms with Gasteiger partial charge in [-0.05, 0) is 64.1 Å². The average molecular weight is 505 g/mol. The number of nitrogens with zero attached hydrogens (tertiary/aromatic N) is 4. The first-order chi connectivity index (χ1) is 16.6. The maximum atomic E-state index is 13.1. The van der Waals surface area contributed by atoms with E-state index in [2.05, 4.69) is 54.2 Å². The molecule has 8 nitrogen and oxygen atoms in total. The van der Waals surface area contributed by atoms with Gasteiger partial charge in [0, 0.05) is 37.3 Å². The number of amides is 1. The van der Waals surface area contributed by atoms with Crippen LogP contribution in [-0.4, -0.2) is 109 Å². The Bertz CT molecular complexity index is 1010. The Balaban J connectivity index is 1.32. The fraction of sp³-hybridized carbons (Fsp3) is 0.731. The first-order valence-corrected chi connectivity index (χ1v) is 14.9. The van der Waals surface area contributed by atoms with Crippen molar-refractivity contribution >= 4 is 15.7 Å². The van der Waals surface area contributed by atoms with Gasteiger partial charge < -0.3 is 10.0 Å². The highest BCUT2D eigenvalue weighted by Gasteiger charge is 2.55. The predicted molar refractivity (Wildman–Crippen MR) is 135 cm³/mol. The molecule has 2 heterocycles. The molecule has 0 aromatic heterocycles. The van der Waals surface area contributed by atoms with Crippen molar-refractivity contribution in [2.75, 3.05) is 58.3 Å². The molecule has 4 fully saturated rings. The Morgan fingerprint density at radius 1 is 1.06 bits per heavy atom. The minimum Gasteiger partial charge on any atom is -0.365 e. The van der Waals surface area contributed by atoms with Gasteiger partial charge >= 0.3 is 0 Å². The quantitative estimate of drug-likeness (QED) is 0.626. The molecule has 9 heteroatoms. The van der Waals surface area contributed by atoms with Crippen molar-refractivity contribution < 1.29 is 18.3 Å². The average Bonchev–Trinajstić information content (AvgIpc) is 3.63. The zero-order valence-electron chi connectivity index (χ0n) is 21.1. The summed E-state index contributed by atoms with van der Waals surface area (Å²) >= 11 is 0. The monoisotopic (exact) mass is 504 g/mol. The number of carbonyl (C=O) groups excluding carboxylic acids is 1. The van der Waals surface area contributed by atoms with Gasteiger partial charge in [0.25, 0.3) is 0 Å². The van der Waals surface area contributed by atoms with Crippen LogP contribution >= 0.6 is 0 Å². The van der Waals surface area contributed by atoms with Gasteiger partial charge in [0.15, 0.2) is 16.2 Å². The second-order valence-electron chi connectivity index (χ2n) is 11.4. The minimum atomic E-state index is -3.03. The summed E-state index contributed by atoms with van der Waals surface area (Å²) in [6, 6.07) is 10.8. The molecule has 2 aliphatic carbocycles. The third kappa shape index (κ3) is 4.90. The van der Waals surface area contributed by atoms with Crippen LogP contribution in [0.1, 0.15) is 44.1 Å². The van der Waals surface area contributed by atoms with Gasteiger partial charge in [-0.25, -0.2) is 8.42 Å². The van der Waals surface area contributed by atoms with Gasteiger partial charge in [0.1, 0.15) is 0 Å². The Morgan fingerprint density at radius 2 is 1.69 bits per heavy atom. The number of aliphatic hydroxyl groups excluding tert-OH is 1. The third-order valence-corrected chi connectivity index (χ3v) is 10.7. The summed E-state index contributed by atoms with van der Waals surface area (Å²) in [5.41, 5.74) is 1.19. The Kier molecular flexibility index (Phi) is 6.76. The van der Waals surface area contributed by atoms with Crippen molar-refractivity contribution in [3.05, 3.63) is 35.9 Å². The molecular weight excluding hydrogens is 464 g/mol. The number of sulfone groups is 1. The van der Waals surface area contributed by atoms with Gasteiger partial charge in [-0.2, -0.15) is 0 Å². The van der Waals surface area contributed by atoms with Crippen LogP contribution in [0.2, 0.25) is 0 Å². The molecule has 2 saturated carbocycles. The van der Waals surface area contributed by atoms with Crippen LogP contribution in [0.5, 0.6) is 0 Å². The second kappa shape index (κ2) is 9.41. The zero-order valence-corrected chi connectivity index (χ0v) is 21.9. The van der Waals surface area contributed by atoms with Crippen molar-refractivity contribution in [3.63, 3.8) is 0 Å². The van der Waals surface area contributed by atoms with E-state index in [-0.39, 0.29) is 48.1 Å². The number of hydrogen-bond acceptors (Lipinski definition) is 7. The van der Waals surface area contributed by atoms with Crippen molar-refractivity contribution in [2.45, 2.75) is 56.0 Å². The lowest BCUT2D eigenvalue weighted by atomic mass is 9.68. The van der Waals surface area contributed by atoms with Crippen LogP contribution in [0.25, 0.3) is 0 Å². The van der Waals surface area contributed by atoms with Gasteiger partial charge in [-0.3, -0.25) is 19.5 Å². The van der Waals surface area contributed by atoms with Crippen LogP contribution in [0.4, 0.5) is 0 Å². The Morgan fingerprint density at radius 3 is 2.26 bits per heavy atom. The summed E-state index contributed by atoms with van der Waals surface area (Å²) in [4.78, 5) is 21.3. The molecule has 194 valence electrons. The van der Waals surface area contributed by atoms with Gasteiger partial charge in [-0.15, -0.1) is 0 Å². The molecule has 1 aromatic carbocycles. The van der Waals surface area contributed by atoms with Crippen LogP contribution in [-0.2, 0) is 20.2 Å². The number of aliphatic hydroxyl groups is 1. The van der Waals surface area contributed by atoms with Crippen LogP contribution in [0, 0.1) is 5.92 Å². The minimum absolute atomic E-state index is 0.0226. The molecule has 0 bridgehead atoms. The molecule has 1 atom stereocenters. The van der Waals surface area contributed by atoms with Gasteiger partial charge in [-0.1, -0.05) is 30.3 Å². The SMILES string of the molecule is CN(C)C1(c2ccccc2)CCC2(CC1)CN(CC(=O)N1CCS(=O)(=O)CC1)C(O)N2CC1CC1. The lowest BCUT2D eigenvalue weighted by Gasteiger charge is -2.51. The molecule has 5 rings (SSSR count). The van der Waals surface area contributed by atoms with E-state index in [1.807, 2.05) is 4.90 Å². The summed E-state index contributed by atoms with van der Waals surface area (Å²) in [5.74, 6) is 0.625. The molecule has 1 N–H and O–H groups in total. The largest absolute Gasteiger partial charge is 0.365 e. The van der Waals surface area contributed by atoms with E-state index < -0.39 is 16.2 Å². The molecule has 2 aliphatic heterocycles. The fourth-order valence-corrected chi connectivity index (χ4v) is 7.75. The van der Waals surface area contributed by atoms with Crippen molar-refractivity contribution in [2.24, 2.45) is 5.92 Å². The van der Waals surface area contributed by atoms with Crippen LogP contribution in [0.3, 0.4) is 0 Å². The summed E-state index contributed by atoms with van der Waals surface area (Å²) in [6.07, 6.45) is 5.61. The van der Waals surface area contributed by atoms with Gasteiger partial charge in [0.05, 0.1) is 18.1 Å². The maximum Gasteiger partial charge on any atom is 0.236 e. The van der Waals surface area contributed by atoms with Crippen molar-refractivity contribution in [1.29, 1.82) is 0 Å². The van der Waals surface area contributed by atoms with E-state index in [9.17, 15) is 18.3 Å². The van der Waals surface area contributed by atoms with E-state index in [1.54, 1.807) is 4.90 Å². The molecular formula is C26H40N4O4S. The van der Waals surface area contributed by atoms with E-state index in [0.717, 1.165) is 32.2 Å². The number of rotatable bonds is 6. The highest BCUT2D eigenvalue weighted by Crippen LogP contribution is 2.50.